The molecule has 1 rings (SSSR count). The molecule has 2 heteroatoms. The van der Waals surface area contributed by atoms with Gasteiger partial charge in [-0.1, -0.05) is 19.1 Å². The maximum absolute atomic E-state index is 13.3. The van der Waals surface area contributed by atoms with E-state index in [9.17, 15) is 4.39 Å². The molecule has 1 atom stereocenters. The lowest BCUT2D eigenvalue weighted by Gasteiger charge is -2.18. The number of hydrogen-bond acceptors (Lipinski definition) is 1. The van der Waals surface area contributed by atoms with Crippen molar-refractivity contribution in [2.45, 2.75) is 46.1 Å². The van der Waals surface area contributed by atoms with Gasteiger partial charge in [-0.2, -0.15) is 0 Å². The lowest BCUT2D eigenvalue weighted by atomic mass is 10.00. The van der Waals surface area contributed by atoms with Crippen LogP contribution < -0.4 is 5.32 Å². The molecule has 18 heavy (non-hydrogen) atoms. The molecule has 0 heterocycles. The summed E-state index contributed by atoms with van der Waals surface area (Å²) in [5, 5.41) is 3.50. The highest BCUT2D eigenvalue weighted by Gasteiger charge is 2.11. The van der Waals surface area contributed by atoms with Crippen molar-refractivity contribution in [1.82, 2.24) is 5.32 Å². The molecular formula is C16H22FN. The molecule has 0 saturated heterocycles. The fourth-order valence-corrected chi connectivity index (χ4v) is 1.93. The predicted molar refractivity (Wildman–Crippen MR) is 74.9 cm³/mol. The average Bonchev–Trinajstić information content (AvgIpc) is 2.37. The summed E-state index contributed by atoms with van der Waals surface area (Å²) in [5.74, 6) is 5.86. The molecule has 0 radical (unpaired) electrons. The Morgan fingerprint density at radius 1 is 1.39 bits per heavy atom. The van der Waals surface area contributed by atoms with Crippen LogP contribution in [0.15, 0.2) is 18.2 Å². The Morgan fingerprint density at radius 2 is 2.17 bits per heavy atom. The second-order valence-corrected chi connectivity index (χ2v) is 4.48. The Labute approximate surface area is 110 Å². The Bertz CT molecular complexity index is 428. The zero-order valence-electron chi connectivity index (χ0n) is 11.5. The summed E-state index contributed by atoms with van der Waals surface area (Å²) in [5.41, 5.74) is 1.86. The van der Waals surface area contributed by atoms with Crippen molar-refractivity contribution in [2.24, 2.45) is 0 Å². The minimum Gasteiger partial charge on any atom is -0.310 e. The normalized spacial score (nSPS) is 11.8. The molecule has 1 nitrogen and oxygen atoms in total. The third kappa shape index (κ3) is 4.50. The Hall–Kier alpha value is -1.33. The minimum absolute atomic E-state index is 0.138. The van der Waals surface area contributed by atoms with E-state index in [2.05, 4.69) is 24.1 Å². The number of halogens is 1. The molecule has 0 amide bonds. The van der Waals surface area contributed by atoms with E-state index >= 15 is 0 Å². The van der Waals surface area contributed by atoms with Gasteiger partial charge < -0.3 is 5.32 Å². The third-order valence-electron chi connectivity index (χ3n) is 2.96. The average molecular weight is 247 g/mol. The summed E-state index contributed by atoms with van der Waals surface area (Å²) in [6.07, 6.45) is 2.93. The van der Waals surface area contributed by atoms with Crippen LogP contribution in [0.4, 0.5) is 4.39 Å². The monoisotopic (exact) mass is 247 g/mol. The first-order valence-electron chi connectivity index (χ1n) is 6.58. The zero-order chi connectivity index (χ0) is 13.4. The second-order valence-electron chi connectivity index (χ2n) is 4.48. The second kappa shape index (κ2) is 7.89. The van der Waals surface area contributed by atoms with E-state index in [-0.39, 0.29) is 11.9 Å². The number of nitrogens with one attached hydrogen (secondary N) is 1. The molecule has 0 aliphatic carbocycles. The van der Waals surface area contributed by atoms with Crippen molar-refractivity contribution in [3.63, 3.8) is 0 Å². The third-order valence-corrected chi connectivity index (χ3v) is 2.96. The van der Waals surface area contributed by atoms with Crippen LogP contribution in [0.5, 0.6) is 0 Å². The summed E-state index contributed by atoms with van der Waals surface area (Å²) in [6.45, 7) is 6.78. The first-order chi connectivity index (χ1) is 8.69. The number of aryl methyl sites for hydroxylation is 1. The van der Waals surface area contributed by atoms with Gasteiger partial charge in [0.15, 0.2) is 0 Å². The quantitative estimate of drug-likeness (QED) is 0.750. The molecule has 0 aromatic heterocycles. The molecule has 0 aliphatic heterocycles. The van der Waals surface area contributed by atoms with Crippen molar-refractivity contribution >= 4 is 0 Å². The van der Waals surface area contributed by atoms with Crippen molar-refractivity contribution in [1.29, 1.82) is 0 Å². The summed E-state index contributed by atoms with van der Waals surface area (Å²) in [6, 6.07) is 5.62. The molecule has 0 saturated carbocycles. The first kappa shape index (κ1) is 14.7. The van der Waals surface area contributed by atoms with E-state index in [1.165, 1.54) is 0 Å². The highest BCUT2D eigenvalue weighted by atomic mass is 19.1. The zero-order valence-corrected chi connectivity index (χ0v) is 11.5. The van der Waals surface area contributed by atoms with E-state index < -0.39 is 0 Å². The van der Waals surface area contributed by atoms with E-state index in [0.717, 1.165) is 31.4 Å². The smallest absolute Gasteiger partial charge is 0.126 e. The summed E-state index contributed by atoms with van der Waals surface area (Å²) >= 11 is 0. The maximum Gasteiger partial charge on any atom is 0.126 e. The lowest BCUT2D eigenvalue weighted by Crippen LogP contribution is -2.22. The van der Waals surface area contributed by atoms with E-state index in [4.69, 9.17) is 0 Å². The fraction of sp³-hybridized carbons (Fsp3) is 0.500. The van der Waals surface area contributed by atoms with Crippen LogP contribution in [0.25, 0.3) is 0 Å². The van der Waals surface area contributed by atoms with Gasteiger partial charge in [-0.15, -0.1) is 11.8 Å². The molecule has 0 fully saturated rings. The number of hydrogen-bond donors (Lipinski definition) is 1. The number of rotatable bonds is 6. The first-order valence-corrected chi connectivity index (χ1v) is 6.58. The van der Waals surface area contributed by atoms with Crippen LogP contribution in [0, 0.1) is 24.6 Å². The number of benzene rings is 1. The van der Waals surface area contributed by atoms with Crippen LogP contribution in [0.1, 0.15) is 50.3 Å². The van der Waals surface area contributed by atoms with Gasteiger partial charge in [-0.25, -0.2) is 4.39 Å². The molecule has 0 bridgehead atoms. The van der Waals surface area contributed by atoms with E-state index in [0.29, 0.717) is 5.56 Å². The van der Waals surface area contributed by atoms with Gasteiger partial charge in [0.1, 0.15) is 5.82 Å². The van der Waals surface area contributed by atoms with Gasteiger partial charge >= 0.3 is 0 Å². The van der Waals surface area contributed by atoms with Crippen molar-refractivity contribution < 1.29 is 4.39 Å². The Morgan fingerprint density at radius 3 is 2.78 bits per heavy atom. The predicted octanol–water partition coefficient (Wildman–Crippen LogP) is 3.98. The van der Waals surface area contributed by atoms with Crippen LogP contribution in [0.2, 0.25) is 0 Å². The molecule has 1 N–H and O–H groups in total. The van der Waals surface area contributed by atoms with Gasteiger partial charge in [0, 0.05) is 12.5 Å². The van der Waals surface area contributed by atoms with Gasteiger partial charge in [0.25, 0.3) is 0 Å². The fourth-order valence-electron chi connectivity index (χ4n) is 1.93. The van der Waals surface area contributed by atoms with Gasteiger partial charge in [0.2, 0.25) is 0 Å². The van der Waals surface area contributed by atoms with Gasteiger partial charge in [0.05, 0.1) is 0 Å². The SMILES string of the molecule is CC#CCCC(NCCC)c1ccc(F)c(C)c1. The highest BCUT2D eigenvalue weighted by Crippen LogP contribution is 2.20. The molecule has 0 spiro atoms. The highest BCUT2D eigenvalue weighted by molar-refractivity contribution is 5.26. The molecule has 0 aliphatic rings. The van der Waals surface area contributed by atoms with Crippen molar-refractivity contribution in [3.8, 4) is 11.8 Å². The van der Waals surface area contributed by atoms with Crippen molar-refractivity contribution in [3.05, 3.63) is 35.1 Å². The van der Waals surface area contributed by atoms with E-state index in [1.54, 1.807) is 6.07 Å². The Kier molecular flexibility index (Phi) is 6.46. The minimum atomic E-state index is -0.138. The molecule has 1 aromatic carbocycles. The molecule has 1 unspecified atom stereocenters. The van der Waals surface area contributed by atoms with Gasteiger partial charge in [-0.05, 0) is 50.4 Å². The maximum atomic E-state index is 13.3. The van der Waals surface area contributed by atoms with Crippen LogP contribution in [0.3, 0.4) is 0 Å². The van der Waals surface area contributed by atoms with Crippen molar-refractivity contribution in [2.75, 3.05) is 6.54 Å². The standard InChI is InChI=1S/C16H22FN/c1-4-6-7-8-16(18-11-5-2)14-9-10-15(17)13(3)12-14/h9-10,12,16,18H,5,7-8,11H2,1-3H3. The van der Waals surface area contributed by atoms with Crippen LogP contribution in [-0.2, 0) is 0 Å². The van der Waals surface area contributed by atoms with Crippen LogP contribution >= 0.6 is 0 Å². The lowest BCUT2D eigenvalue weighted by molar-refractivity contribution is 0.503. The Balaban J connectivity index is 2.78. The summed E-state index contributed by atoms with van der Waals surface area (Å²) in [4.78, 5) is 0. The van der Waals surface area contributed by atoms with E-state index in [1.807, 2.05) is 26.0 Å². The summed E-state index contributed by atoms with van der Waals surface area (Å²) in [7, 11) is 0. The van der Waals surface area contributed by atoms with Gasteiger partial charge in [-0.3, -0.25) is 0 Å². The summed E-state index contributed by atoms with van der Waals surface area (Å²) < 4.78 is 13.3. The molecule has 98 valence electrons. The largest absolute Gasteiger partial charge is 0.310 e. The van der Waals surface area contributed by atoms with Crippen LogP contribution in [-0.4, -0.2) is 6.54 Å². The topological polar surface area (TPSA) is 12.0 Å². The molecule has 1 aromatic rings. The molecular weight excluding hydrogens is 225 g/mol.